The molecule has 0 aromatic carbocycles. The number of nitrogens with one attached hydrogen (secondary N) is 2. The molecule has 1 aliphatic rings. The van der Waals surface area contributed by atoms with E-state index in [1.807, 2.05) is 4.90 Å². The zero-order valence-electron chi connectivity index (χ0n) is 16.9. The fraction of sp³-hybridized carbons (Fsp3) is 0.600. The van der Waals surface area contributed by atoms with E-state index in [1.54, 1.807) is 13.8 Å². The lowest BCUT2D eigenvalue weighted by Crippen LogP contribution is -2.42. The Kier molecular flexibility index (Phi) is 6.16. The molecule has 0 atom stereocenters. The van der Waals surface area contributed by atoms with Crippen LogP contribution in [0.15, 0.2) is 14.4 Å². The molecule has 0 saturated carbocycles. The molecule has 0 spiro atoms. The summed E-state index contributed by atoms with van der Waals surface area (Å²) in [5.41, 5.74) is -0.0502. The number of hydrogen-bond donors (Lipinski definition) is 2. The van der Waals surface area contributed by atoms with E-state index in [9.17, 15) is 14.4 Å². The Morgan fingerprint density at radius 1 is 0.964 bits per heavy atom. The summed E-state index contributed by atoms with van der Waals surface area (Å²) >= 11 is 0. The van der Waals surface area contributed by atoms with Gasteiger partial charge < -0.3 is 9.88 Å². The van der Waals surface area contributed by atoms with Gasteiger partial charge in [0.15, 0.2) is 0 Å². The number of nitrogens with zero attached hydrogens (tertiary/aromatic N) is 3. The van der Waals surface area contributed by atoms with Gasteiger partial charge in [-0.1, -0.05) is 39.0 Å². The van der Waals surface area contributed by atoms with Crippen molar-refractivity contribution < 1.29 is 0 Å². The first-order chi connectivity index (χ1) is 13.5. The molecule has 0 fully saturated rings. The molecule has 3 rings (SSSR count). The number of unbranched alkanes of at least 4 members (excludes halogenated alkanes) is 5. The summed E-state index contributed by atoms with van der Waals surface area (Å²) in [5, 5.41) is 0. The van der Waals surface area contributed by atoms with Crippen molar-refractivity contribution in [2.45, 2.75) is 72.3 Å². The van der Waals surface area contributed by atoms with Gasteiger partial charge >= 0.3 is 5.69 Å². The van der Waals surface area contributed by atoms with Crippen molar-refractivity contribution in [1.82, 2.24) is 19.5 Å². The van der Waals surface area contributed by atoms with Crippen LogP contribution in [0, 0.1) is 6.92 Å². The monoisotopic (exact) mass is 387 g/mol. The van der Waals surface area contributed by atoms with Gasteiger partial charge in [-0.2, -0.15) is 0 Å². The lowest BCUT2D eigenvalue weighted by atomic mass is 10.0. The fourth-order valence-corrected chi connectivity index (χ4v) is 3.81. The molecule has 0 amide bonds. The van der Waals surface area contributed by atoms with Crippen LogP contribution in [0.4, 0.5) is 11.6 Å². The van der Waals surface area contributed by atoms with Crippen molar-refractivity contribution >= 4 is 11.6 Å². The molecular formula is C20H29N5O3. The predicted octanol–water partition coefficient (Wildman–Crippen LogP) is 2.35. The van der Waals surface area contributed by atoms with Gasteiger partial charge in [-0.15, -0.1) is 0 Å². The highest BCUT2D eigenvalue weighted by atomic mass is 16.2. The molecule has 0 saturated heterocycles. The molecule has 8 heteroatoms. The molecule has 28 heavy (non-hydrogen) atoms. The Labute approximate surface area is 163 Å². The average Bonchev–Trinajstić information content (AvgIpc) is 2.65. The van der Waals surface area contributed by atoms with Crippen molar-refractivity contribution in [3.05, 3.63) is 48.1 Å². The van der Waals surface area contributed by atoms with Gasteiger partial charge in [-0.05, 0) is 20.3 Å². The predicted molar refractivity (Wildman–Crippen MR) is 110 cm³/mol. The molecule has 2 aromatic heterocycles. The molecule has 0 bridgehead atoms. The van der Waals surface area contributed by atoms with Gasteiger partial charge in [-0.3, -0.25) is 19.1 Å². The van der Waals surface area contributed by atoms with E-state index in [0.29, 0.717) is 35.1 Å². The van der Waals surface area contributed by atoms with Gasteiger partial charge in [0, 0.05) is 19.5 Å². The number of aromatic amines is 2. The zero-order chi connectivity index (χ0) is 20.3. The van der Waals surface area contributed by atoms with Crippen molar-refractivity contribution in [3.63, 3.8) is 0 Å². The summed E-state index contributed by atoms with van der Waals surface area (Å²) < 4.78 is 1.17. The molecule has 0 aliphatic carbocycles. The summed E-state index contributed by atoms with van der Waals surface area (Å²) in [6.45, 7) is 6.57. The first-order valence-corrected chi connectivity index (χ1v) is 10.2. The van der Waals surface area contributed by atoms with E-state index >= 15 is 0 Å². The third kappa shape index (κ3) is 3.81. The first-order valence-electron chi connectivity index (χ1n) is 10.2. The second-order valence-corrected chi connectivity index (χ2v) is 7.36. The fourth-order valence-electron chi connectivity index (χ4n) is 3.81. The van der Waals surface area contributed by atoms with Crippen LogP contribution in [-0.2, 0) is 13.0 Å². The van der Waals surface area contributed by atoms with E-state index in [0.717, 1.165) is 19.3 Å². The number of aryl methyl sites for hydroxylation is 1. The largest absolute Gasteiger partial charge is 0.329 e. The van der Waals surface area contributed by atoms with Gasteiger partial charge in [0.2, 0.25) is 0 Å². The Morgan fingerprint density at radius 3 is 2.39 bits per heavy atom. The average molecular weight is 387 g/mol. The minimum atomic E-state index is -0.427. The van der Waals surface area contributed by atoms with Gasteiger partial charge in [0.05, 0.1) is 11.1 Å². The van der Waals surface area contributed by atoms with Crippen LogP contribution in [-0.4, -0.2) is 26.1 Å². The second kappa shape index (κ2) is 8.58. The van der Waals surface area contributed by atoms with Crippen LogP contribution in [0.25, 0.3) is 0 Å². The minimum absolute atomic E-state index is 0.176. The number of fused-ring (bicyclic) bond motifs is 2. The van der Waals surface area contributed by atoms with Crippen molar-refractivity contribution in [1.29, 1.82) is 0 Å². The van der Waals surface area contributed by atoms with E-state index in [4.69, 9.17) is 0 Å². The van der Waals surface area contributed by atoms with Crippen LogP contribution in [0.5, 0.6) is 0 Å². The van der Waals surface area contributed by atoms with E-state index in [1.165, 1.54) is 23.8 Å². The zero-order valence-corrected chi connectivity index (χ0v) is 16.9. The third-order valence-corrected chi connectivity index (χ3v) is 5.30. The van der Waals surface area contributed by atoms with Gasteiger partial charge in [-0.25, -0.2) is 9.78 Å². The normalized spacial score (nSPS) is 12.8. The summed E-state index contributed by atoms with van der Waals surface area (Å²) in [5.74, 6) is 1.55. The molecule has 8 nitrogen and oxygen atoms in total. The SMILES string of the molecule is CCCCCCCCN1c2nc(C)[nH]c(=O)c2Cc2c1[nH]c(=O)n(CC)c2=O. The molecule has 2 aromatic rings. The van der Waals surface area contributed by atoms with E-state index < -0.39 is 5.69 Å². The number of H-pyrrole nitrogens is 2. The highest BCUT2D eigenvalue weighted by Gasteiger charge is 2.30. The molecule has 1 aliphatic heterocycles. The number of rotatable bonds is 8. The van der Waals surface area contributed by atoms with Crippen LogP contribution in [0.1, 0.15) is 69.3 Å². The highest BCUT2D eigenvalue weighted by Crippen LogP contribution is 2.32. The summed E-state index contributed by atoms with van der Waals surface area (Å²) in [4.78, 5) is 49.7. The third-order valence-electron chi connectivity index (χ3n) is 5.30. The molecule has 0 unspecified atom stereocenters. The Balaban J connectivity index is 1.99. The maximum Gasteiger partial charge on any atom is 0.329 e. The Bertz CT molecular complexity index is 1020. The molecule has 2 N–H and O–H groups in total. The number of aromatic nitrogens is 4. The Hall–Kier alpha value is -2.64. The Morgan fingerprint density at radius 2 is 1.68 bits per heavy atom. The number of hydrogen-bond acceptors (Lipinski definition) is 5. The molecule has 0 radical (unpaired) electrons. The van der Waals surface area contributed by atoms with Gasteiger partial charge in [0.25, 0.3) is 11.1 Å². The second-order valence-electron chi connectivity index (χ2n) is 7.36. The van der Waals surface area contributed by atoms with Crippen LogP contribution in [0.2, 0.25) is 0 Å². The van der Waals surface area contributed by atoms with Crippen LogP contribution >= 0.6 is 0 Å². The lowest BCUT2D eigenvalue weighted by molar-refractivity contribution is 0.602. The van der Waals surface area contributed by atoms with Crippen molar-refractivity contribution in [2.75, 3.05) is 11.4 Å². The summed E-state index contributed by atoms with van der Waals surface area (Å²) in [6, 6.07) is 0. The maximum absolute atomic E-state index is 12.8. The van der Waals surface area contributed by atoms with Crippen LogP contribution < -0.4 is 21.7 Å². The first kappa shape index (κ1) is 20.1. The smallest absolute Gasteiger partial charge is 0.312 e. The van der Waals surface area contributed by atoms with Gasteiger partial charge in [0.1, 0.15) is 17.5 Å². The molecule has 3 heterocycles. The van der Waals surface area contributed by atoms with Crippen molar-refractivity contribution in [2.24, 2.45) is 0 Å². The van der Waals surface area contributed by atoms with Crippen LogP contribution in [0.3, 0.4) is 0 Å². The molecular weight excluding hydrogens is 358 g/mol. The topological polar surface area (TPSA) is 104 Å². The summed E-state index contributed by atoms with van der Waals surface area (Å²) in [7, 11) is 0. The minimum Gasteiger partial charge on any atom is -0.312 e. The standard InChI is InChI=1S/C20H29N5O3/c1-4-6-7-8-9-10-11-25-16-14(18(26)22-13(3)21-16)12-15-17(25)23-20(28)24(5-2)19(15)27/h4-12H2,1-3H3,(H,23,28)(H,21,22,26). The maximum atomic E-state index is 12.8. The van der Waals surface area contributed by atoms with E-state index in [2.05, 4.69) is 21.9 Å². The van der Waals surface area contributed by atoms with E-state index in [-0.39, 0.29) is 24.1 Å². The van der Waals surface area contributed by atoms with Crippen molar-refractivity contribution in [3.8, 4) is 0 Å². The summed E-state index contributed by atoms with van der Waals surface area (Å²) in [6.07, 6.45) is 6.92. The lowest BCUT2D eigenvalue weighted by Gasteiger charge is -2.31. The quantitative estimate of drug-likeness (QED) is 0.677. The highest BCUT2D eigenvalue weighted by molar-refractivity contribution is 5.67. The number of anilines is 2. The molecule has 152 valence electrons.